The maximum absolute atomic E-state index is 2.27. The van der Waals surface area contributed by atoms with Crippen molar-refractivity contribution in [3.8, 4) is 0 Å². The summed E-state index contributed by atoms with van der Waals surface area (Å²) in [6.45, 7) is 2.27. The summed E-state index contributed by atoms with van der Waals surface area (Å²) in [5, 5.41) is 0. The number of hydrogen-bond acceptors (Lipinski definition) is 0. The molecule has 0 aliphatic rings. The highest BCUT2D eigenvalue weighted by molar-refractivity contribution is 4.98. The van der Waals surface area contributed by atoms with E-state index in [4.69, 9.17) is 0 Å². The van der Waals surface area contributed by atoms with Crippen LogP contribution in [0.2, 0.25) is 0 Å². The Morgan fingerprint density at radius 1 is 1.00 bits per heavy atom. The van der Waals surface area contributed by atoms with Gasteiger partial charge in [-0.2, -0.15) is 0 Å². The van der Waals surface area contributed by atoms with Gasteiger partial charge >= 0.3 is 21.2 Å². The van der Waals surface area contributed by atoms with Gasteiger partial charge in [0.15, 0.2) is 3.57 Å². The molecule has 0 unspecified atom stereocenters. The highest BCUT2D eigenvalue weighted by atomic mass is 127. The molecule has 1 aromatic carbocycles. The smallest absolute Gasteiger partial charge is 0.0654 e. The molecule has 0 saturated carbocycles. The van der Waals surface area contributed by atoms with Crippen molar-refractivity contribution in [2.24, 2.45) is 0 Å². The Morgan fingerprint density at radius 3 is 2.46 bits per heavy atom. The van der Waals surface area contributed by atoms with Crippen LogP contribution in [0.1, 0.15) is 32.6 Å². The number of hydrogen-bond donors (Lipinski definition) is 0. The molecule has 0 bridgehead atoms. The van der Waals surface area contributed by atoms with Crippen molar-refractivity contribution in [2.75, 3.05) is 4.43 Å². The minimum Gasteiger partial charge on any atom is -0.0654 e. The first-order valence-electron chi connectivity index (χ1n) is 5.07. The van der Waals surface area contributed by atoms with Crippen LogP contribution in [0.25, 0.3) is 0 Å². The summed E-state index contributed by atoms with van der Waals surface area (Å²) in [6, 6.07) is 11.0. The van der Waals surface area contributed by atoms with Crippen molar-refractivity contribution < 1.29 is 21.2 Å². The lowest BCUT2D eigenvalue weighted by atomic mass is 10.2. The molecule has 0 amide bonds. The third kappa shape index (κ3) is 5.29. The van der Waals surface area contributed by atoms with Crippen LogP contribution >= 0.6 is 0 Å². The average Bonchev–Trinajstić information content (AvgIpc) is 2.19. The summed E-state index contributed by atoms with van der Waals surface area (Å²) >= 11 is 0.309. The molecule has 72 valence electrons. The van der Waals surface area contributed by atoms with Gasteiger partial charge in [-0.3, -0.25) is 0 Å². The van der Waals surface area contributed by atoms with Crippen LogP contribution in [-0.2, 0) is 0 Å². The molecular formula is C12H18I+. The minimum absolute atomic E-state index is 0.309. The SMILES string of the molecule is CCCCCC[I+]c1ccccc1. The van der Waals surface area contributed by atoms with Crippen LogP contribution in [0.4, 0.5) is 0 Å². The van der Waals surface area contributed by atoms with E-state index in [1.807, 2.05) is 0 Å². The van der Waals surface area contributed by atoms with Crippen LogP contribution in [0.15, 0.2) is 30.3 Å². The van der Waals surface area contributed by atoms with Crippen molar-refractivity contribution in [1.29, 1.82) is 0 Å². The monoisotopic (exact) mass is 289 g/mol. The first-order valence-corrected chi connectivity index (χ1v) is 7.68. The summed E-state index contributed by atoms with van der Waals surface area (Å²) in [7, 11) is 0. The first kappa shape index (κ1) is 11.0. The van der Waals surface area contributed by atoms with E-state index in [1.54, 1.807) is 3.57 Å². The number of alkyl halides is 1. The van der Waals surface area contributed by atoms with Gasteiger partial charge in [-0.15, -0.1) is 0 Å². The molecule has 13 heavy (non-hydrogen) atoms. The molecule has 0 radical (unpaired) electrons. The predicted octanol–water partition coefficient (Wildman–Crippen LogP) is 0.526. The minimum atomic E-state index is 0.309. The van der Waals surface area contributed by atoms with E-state index in [0.29, 0.717) is 21.2 Å². The Kier molecular flexibility index (Phi) is 6.25. The van der Waals surface area contributed by atoms with E-state index in [0.717, 1.165) is 0 Å². The Morgan fingerprint density at radius 2 is 1.77 bits per heavy atom. The van der Waals surface area contributed by atoms with E-state index in [9.17, 15) is 0 Å². The second kappa shape index (κ2) is 7.36. The molecular weight excluding hydrogens is 271 g/mol. The average molecular weight is 289 g/mol. The molecule has 0 heterocycles. The molecule has 0 aliphatic carbocycles. The summed E-state index contributed by atoms with van der Waals surface area (Å²) in [5.74, 6) is 0. The number of benzene rings is 1. The normalized spacial score (nSPS) is 10.2. The zero-order valence-corrected chi connectivity index (χ0v) is 10.5. The van der Waals surface area contributed by atoms with Gasteiger partial charge in [0.25, 0.3) is 0 Å². The van der Waals surface area contributed by atoms with E-state index >= 15 is 0 Å². The Bertz CT molecular complexity index is 206. The zero-order valence-electron chi connectivity index (χ0n) is 8.30. The van der Waals surface area contributed by atoms with Crippen molar-refractivity contribution in [3.05, 3.63) is 33.9 Å². The second-order valence-electron chi connectivity index (χ2n) is 3.18. The molecule has 0 aromatic heterocycles. The van der Waals surface area contributed by atoms with Crippen molar-refractivity contribution in [2.45, 2.75) is 32.6 Å². The maximum Gasteiger partial charge on any atom is 0.313 e. The quantitative estimate of drug-likeness (QED) is 0.407. The molecule has 0 fully saturated rings. The number of halogens is 1. The van der Waals surface area contributed by atoms with E-state index in [-0.39, 0.29) is 0 Å². The molecule has 0 spiro atoms. The van der Waals surface area contributed by atoms with Gasteiger partial charge in [0.2, 0.25) is 0 Å². The van der Waals surface area contributed by atoms with Crippen LogP contribution in [0.5, 0.6) is 0 Å². The van der Waals surface area contributed by atoms with Gasteiger partial charge in [-0.25, -0.2) is 0 Å². The van der Waals surface area contributed by atoms with Crippen LogP contribution in [0.3, 0.4) is 0 Å². The van der Waals surface area contributed by atoms with Gasteiger partial charge in [0.05, 0.1) is 0 Å². The summed E-state index contributed by atoms with van der Waals surface area (Å²) in [4.78, 5) is 0. The second-order valence-corrected chi connectivity index (χ2v) is 6.27. The summed E-state index contributed by atoms with van der Waals surface area (Å²) in [5.41, 5.74) is 0. The lowest BCUT2D eigenvalue weighted by molar-refractivity contribution is -0.627. The molecule has 1 rings (SSSR count). The predicted molar refractivity (Wildman–Crippen MR) is 54.1 cm³/mol. The van der Waals surface area contributed by atoms with Crippen molar-refractivity contribution >= 4 is 0 Å². The van der Waals surface area contributed by atoms with Crippen LogP contribution in [-0.4, -0.2) is 4.43 Å². The Labute approximate surface area is 92.0 Å². The van der Waals surface area contributed by atoms with E-state index < -0.39 is 0 Å². The molecule has 0 nitrogen and oxygen atoms in total. The van der Waals surface area contributed by atoms with Gasteiger partial charge in [-0.1, -0.05) is 38.0 Å². The lowest BCUT2D eigenvalue weighted by Gasteiger charge is -1.90. The first-order chi connectivity index (χ1) is 6.43. The molecule has 1 heteroatoms. The highest BCUT2D eigenvalue weighted by Crippen LogP contribution is 1.95. The molecule has 0 N–H and O–H groups in total. The number of rotatable bonds is 6. The molecule has 1 aromatic rings. The molecule has 0 atom stereocenters. The third-order valence-electron chi connectivity index (χ3n) is 1.97. The van der Waals surface area contributed by atoms with Gasteiger partial charge in [-0.05, 0) is 25.0 Å². The number of unbranched alkanes of at least 4 members (excludes halogenated alkanes) is 3. The molecule has 0 aliphatic heterocycles. The van der Waals surface area contributed by atoms with Crippen molar-refractivity contribution in [1.82, 2.24) is 0 Å². The fraction of sp³-hybridized carbons (Fsp3) is 0.500. The fourth-order valence-corrected chi connectivity index (χ4v) is 3.67. The van der Waals surface area contributed by atoms with Crippen LogP contribution < -0.4 is 21.2 Å². The fourth-order valence-electron chi connectivity index (χ4n) is 1.20. The Hall–Kier alpha value is -0.0500. The van der Waals surface area contributed by atoms with Crippen LogP contribution in [0, 0.1) is 3.57 Å². The molecule has 0 saturated heterocycles. The van der Waals surface area contributed by atoms with E-state index in [1.165, 1.54) is 30.1 Å². The highest BCUT2D eigenvalue weighted by Gasteiger charge is 2.08. The topological polar surface area (TPSA) is 0 Å². The lowest BCUT2D eigenvalue weighted by Crippen LogP contribution is -3.62. The van der Waals surface area contributed by atoms with Gasteiger partial charge in [0.1, 0.15) is 4.43 Å². The van der Waals surface area contributed by atoms with Crippen molar-refractivity contribution in [3.63, 3.8) is 0 Å². The standard InChI is InChI=1S/C12H18I/c1-2-3-4-8-11-13-12-9-6-5-7-10-12/h5-7,9-10H,2-4,8,11H2,1H3/q+1. The largest absolute Gasteiger partial charge is 0.313 e. The van der Waals surface area contributed by atoms with Gasteiger partial charge < -0.3 is 0 Å². The Balaban J connectivity index is 2.07. The third-order valence-corrected chi connectivity index (χ3v) is 4.87. The van der Waals surface area contributed by atoms with Gasteiger partial charge in [0, 0.05) is 0 Å². The maximum atomic E-state index is 2.27. The zero-order chi connectivity index (χ0) is 9.36. The summed E-state index contributed by atoms with van der Waals surface area (Å²) in [6.07, 6.45) is 5.64. The summed E-state index contributed by atoms with van der Waals surface area (Å²) < 4.78 is 3.06. The van der Waals surface area contributed by atoms with E-state index in [2.05, 4.69) is 37.3 Å².